The van der Waals surface area contributed by atoms with Crippen molar-refractivity contribution < 1.29 is 9.47 Å². The molecule has 0 amide bonds. The molecule has 0 aliphatic heterocycles. The Hall–Kier alpha value is -2.82. The van der Waals surface area contributed by atoms with Crippen molar-refractivity contribution in [1.82, 2.24) is 9.97 Å². The first-order valence-electron chi connectivity index (χ1n) is 8.48. The molecule has 2 aromatic heterocycles. The maximum absolute atomic E-state index is 5.46. The summed E-state index contributed by atoms with van der Waals surface area (Å²) in [5.41, 5.74) is 2.99. The van der Waals surface area contributed by atoms with Crippen LogP contribution in [0.3, 0.4) is 0 Å². The molecule has 1 fully saturated rings. The molecule has 5 heteroatoms. The minimum absolute atomic E-state index is 0.208. The lowest BCUT2D eigenvalue weighted by Gasteiger charge is -2.20. The van der Waals surface area contributed by atoms with Gasteiger partial charge in [0, 0.05) is 29.5 Å². The van der Waals surface area contributed by atoms with Crippen LogP contribution in [0, 0.1) is 5.92 Å². The Bertz CT molecular complexity index is 879. The van der Waals surface area contributed by atoms with Crippen LogP contribution < -0.4 is 14.8 Å². The van der Waals surface area contributed by atoms with E-state index in [1.54, 1.807) is 14.2 Å². The molecule has 0 bridgehead atoms. The molecular formula is C20H21N3O2. The van der Waals surface area contributed by atoms with Crippen LogP contribution in [0.25, 0.3) is 10.9 Å². The summed E-state index contributed by atoms with van der Waals surface area (Å²) in [5, 5.41) is 4.71. The van der Waals surface area contributed by atoms with Gasteiger partial charge in [-0.2, -0.15) is 0 Å². The highest BCUT2D eigenvalue weighted by Crippen LogP contribution is 2.43. The van der Waals surface area contributed by atoms with Crippen LogP contribution >= 0.6 is 0 Å². The minimum atomic E-state index is 0.208. The standard InChI is InChI=1S/C20H21N3O2/c1-24-18-11-14-15(8-10-22-17(14)12-19(18)25-2)23-20(13-6-7-13)16-5-3-4-9-21-16/h3-5,8-13,20H,6-7H2,1-2H3,(H,22,23). The molecule has 0 radical (unpaired) electrons. The second kappa shape index (κ2) is 6.59. The maximum Gasteiger partial charge on any atom is 0.162 e. The lowest BCUT2D eigenvalue weighted by molar-refractivity contribution is 0.356. The van der Waals surface area contributed by atoms with Crippen molar-refractivity contribution >= 4 is 16.6 Å². The van der Waals surface area contributed by atoms with Gasteiger partial charge in [0.15, 0.2) is 11.5 Å². The second-order valence-corrected chi connectivity index (χ2v) is 6.30. The zero-order valence-electron chi connectivity index (χ0n) is 14.4. The van der Waals surface area contributed by atoms with Crippen LogP contribution in [0.15, 0.2) is 48.8 Å². The van der Waals surface area contributed by atoms with Gasteiger partial charge in [-0.05, 0) is 43.0 Å². The van der Waals surface area contributed by atoms with Crippen molar-refractivity contribution in [2.24, 2.45) is 5.92 Å². The first-order chi connectivity index (χ1) is 12.3. The summed E-state index contributed by atoms with van der Waals surface area (Å²) in [6.07, 6.45) is 6.13. The van der Waals surface area contributed by atoms with Crippen molar-refractivity contribution in [3.05, 3.63) is 54.5 Å². The quantitative estimate of drug-likeness (QED) is 0.731. The summed E-state index contributed by atoms with van der Waals surface area (Å²) < 4.78 is 10.8. The fourth-order valence-electron chi connectivity index (χ4n) is 3.19. The summed E-state index contributed by atoms with van der Waals surface area (Å²) in [6.45, 7) is 0. The molecule has 3 aromatic rings. The molecule has 1 aliphatic carbocycles. The third-order valence-electron chi connectivity index (χ3n) is 4.66. The van der Waals surface area contributed by atoms with Gasteiger partial charge in [-0.3, -0.25) is 9.97 Å². The number of rotatable bonds is 6. The zero-order valence-corrected chi connectivity index (χ0v) is 14.4. The van der Waals surface area contributed by atoms with Crippen LogP contribution in [0.2, 0.25) is 0 Å². The van der Waals surface area contributed by atoms with Crippen LogP contribution in [0.1, 0.15) is 24.6 Å². The molecule has 25 heavy (non-hydrogen) atoms. The molecule has 5 nitrogen and oxygen atoms in total. The molecule has 1 saturated carbocycles. The number of nitrogens with zero attached hydrogens (tertiary/aromatic N) is 2. The van der Waals surface area contributed by atoms with Crippen LogP contribution in [0.5, 0.6) is 11.5 Å². The lowest BCUT2D eigenvalue weighted by Crippen LogP contribution is -2.14. The van der Waals surface area contributed by atoms with Crippen molar-refractivity contribution in [1.29, 1.82) is 0 Å². The van der Waals surface area contributed by atoms with E-state index in [1.165, 1.54) is 12.8 Å². The third kappa shape index (κ3) is 3.09. The molecule has 4 rings (SSSR count). The van der Waals surface area contributed by atoms with Gasteiger partial charge < -0.3 is 14.8 Å². The molecule has 1 atom stereocenters. The predicted molar refractivity (Wildman–Crippen MR) is 98.2 cm³/mol. The van der Waals surface area contributed by atoms with Gasteiger partial charge in [0.2, 0.25) is 0 Å². The molecule has 0 saturated heterocycles. The smallest absolute Gasteiger partial charge is 0.162 e. The highest BCUT2D eigenvalue weighted by molar-refractivity contribution is 5.93. The normalized spacial score (nSPS) is 15.0. The number of anilines is 1. The number of benzene rings is 1. The Morgan fingerprint density at radius 2 is 1.80 bits per heavy atom. The molecule has 0 spiro atoms. The number of ether oxygens (including phenoxy) is 2. The Kier molecular flexibility index (Phi) is 4.14. The number of pyridine rings is 2. The van der Waals surface area contributed by atoms with E-state index in [1.807, 2.05) is 42.7 Å². The summed E-state index contributed by atoms with van der Waals surface area (Å²) in [4.78, 5) is 9.03. The Morgan fingerprint density at radius 1 is 1.00 bits per heavy atom. The van der Waals surface area contributed by atoms with E-state index in [-0.39, 0.29) is 6.04 Å². The Labute approximate surface area is 147 Å². The highest BCUT2D eigenvalue weighted by atomic mass is 16.5. The van der Waals surface area contributed by atoms with Crippen LogP contribution in [-0.4, -0.2) is 24.2 Å². The number of nitrogens with one attached hydrogen (secondary N) is 1. The van der Waals surface area contributed by atoms with E-state index in [0.29, 0.717) is 17.4 Å². The number of fused-ring (bicyclic) bond motifs is 1. The Balaban J connectivity index is 1.75. The predicted octanol–water partition coefficient (Wildman–Crippen LogP) is 4.21. The number of aromatic nitrogens is 2. The SMILES string of the molecule is COc1cc2nccc(NC(c3ccccn3)C3CC3)c2cc1OC. The molecule has 1 aromatic carbocycles. The van der Waals surface area contributed by atoms with E-state index in [0.717, 1.165) is 22.3 Å². The summed E-state index contributed by atoms with van der Waals surface area (Å²) in [7, 11) is 3.28. The largest absolute Gasteiger partial charge is 0.493 e. The molecule has 128 valence electrons. The summed E-state index contributed by atoms with van der Waals surface area (Å²) in [5.74, 6) is 2.01. The Morgan fingerprint density at radius 3 is 2.48 bits per heavy atom. The van der Waals surface area contributed by atoms with E-state index in [2.05, 4.69) is 21.4 Å². The van der Waals surface area contributed by atoms with Crippen molar-refractivity contribution in [3.8, 4) is 11.5 Å². The van der Waals surface area contributed by atoms with Gasteiger partial charge in [-0.1, -0.05) is 6.07 Å². The highest BCUT2D eigenvalue weighted by Gasteiger charge is 2.33. The second-order valence-electron chi connectivity index (χ2n) is 6.30. The minimum Gasteiger partial charge on any atom is -0.493 e. The average Bonchev–Trinajstić information content (AvgIpc) is 3.50. The van der Waals surface area contributed by atoms with Gasteiger partial charge >= 0.3 is 0 Å². The molecule has 1 aliphatic rings. The fourth-order valence-corrected chi connectivity index (χ4v) is 3.19. The van der Waals surface area contributed by atoms with E-state index >= 15 is 0 Å². The molecule has 1 N–H and O–H groups in total. The van der Waals surface area contributed by atoms with Crippen LogP contribution in [0.4, 0.5) is 5.69 Å². The van der Waals surface area contributed by atoms with E-state index < -0.39 is 0 Å². The molecular weight excluding hydrogens is 314 g/mol. The van der Waals surface area contributed by atoms with Gasteiger partial charge in [0.05, 0.1) is 31.5 Å². The van der Waals surface area contributed by atoms with Gasteiger partial charge in [-0.15, -0.1) is 0 Å². The average molecular weight is 335 g/mol. The van der Waals surface area contributed by atoms with Crippen LogP contribution in [-0.2, 0) is 0 Å². The molecule has 1 unspecified atom stereocenters. The van der Waals surface area contributed by atoms with E-state index in [4.69, 9.17) is 9.47 Å². The first-order valence-corrected chi connectivity index (χ1v) is 8.48. The van der Waals surface area contributed by atoms with Gasteiger partial charge in [-0.25, -0.2) is 0 Å². The number of methoxy groups -OCH3 is 2. The number of hydrogen-bond acceptors (Lipinski definition) is 5. The van der Waals surface area contributed by atoms with Crippen molar-refractivity contribution in [2.45, 2.75) is 18.9 Å². The van der Waals surface area contributed by atoms with E-state index in [9.17, 15) is 0 Å². The van der Waals surface area contributed by atoms with Crippen molar-refractivity contribution in [3.63, 3.8) is 0 Å². The summed E-state index contributed by atoms with van der Waals surface area (Å²) >= 11 is 0. The number of hydrogen-bond donors (Lipinski definition) is 1. The maximum atomic E-state index is 5.46. The summed E-state index contributed by atoms with van der Waals surface area (Å²) in [6, 6.07) is 12.2. The third-order valence-corrected chi connectivity index (χ3v) is 4.66. The molecule has 2 heterocycles. The first kappa shape index (κ1) is 15.7. The lowest BCUT2D eigenvalue weighted by atomic mass is 10.1. The van der Waals surface area contributed by atoms with Gasteiger partial charge in [0.1, 0.15) is 0 Å². The zero-order chi connectivity index (χ0) is 17.2. The topological polar surface area (TPSA) is 56.3 Å². The fraction of sp³-hybridized carbons (Fsp3) is 0.300. The van der Waals surface area contributed by atoms with Crippen molar-refractivity contribution in [2.75, 3.05) is 19.5 Å². The monoisotopic (exact) mass is 335 g/mol. The van der Waals surface area contributed by atoms with Gasteiger partial charge in [0.25, 0.3) is 0 Å².